The molecule has 0 unspecified atom stereocenters. The van der Waals surface area contributed by atoms with Crippen LogP contribution in [0.3, 0.4) is 0 Å². The van der Waals surface area contributed by atoms with Crippen LogP contribution in [0.5, 0.6) is 0 Å². The zero-order valence-electron chi connectivity index (χ0n) is 10.9. The van der Waals surface area contributed by atoms with Crippen LogP contribution in [0.15, 0.2) is 29.0 Å². The molecule has 2 rings (SSSR count). The van der Waals surface area contributed by atoms with Crippen molar-refractivity contribution in [3.63, 3.8) is 0 Å². The molecule has 0 saturated heterocycles. The Kier molecular flexibility index (Phi) is 4.47. The molecule has 22 heavy (non-hydrogen) atoms. The van der Waals surface area contributed by atoms with Crippen LogP contribution >= 0.6 is 0 Å². The second-order valence-electron chi connectivity index (χ2n) is 4.36. The lowest BCUT2D eigenvalue weighted by atomic mass is 10.2. The fourth-order valence-corrected chi connectivity index (χ4v) is 2.12. The van der Waals surface area contributed by atoms with Crippen LogP contribution in [0.25, 0.3) is 11.4 Å². The Morgan fingerprint density at radius 1 is 1.27 bits per heavy atom. The Labute approximate surface area is 123 Å². The van der Waals surface area contributed by atoms with Crippen LogP contribution in [-0.2, 0) is 22.8 Å². The summed E-state index contributed by atoms with van der Waals surface area (Å²) in [6, 6.07) is 2.91. The van der Waals surface area contributed by atoms with E-state index in [1.165, 1.54) is 24.5 Å². The average molecular weight is 337 g/mol. The first-order chi connectivity index (χ1) is 10.1. The molecule has 2 aromatic heterocycles. The summed E-state index contributed by atoms with van der Waals surface area (Å²) < 4.78 is 74.1. The molecule has 0 saturated carbocycles. The second-order valence-corrected chi connectivity index (χ2v) is 5.88. The molecule has 0 bridgehead atoms. The fraction of sp³-hybridized carbons (Fsp3) is 0.364. The van der Waals surface area contributed by atoms with Gasteiger partial charge in [0.2, 0.25) is 5.82 Å². The minimum Gasteiger partial charge on any atom is -0.748 e. The van der Waals surface area contributed by atoms with Gasteiger partial charge in [-0.05, 0) is 0 Å². The normalized spacial score (nSPS) is 12.5. The van der Waals surface area contributed by atoms with Crippen molar-refractivity contribution in [3.05, 3.63) is 30.4 Å². The molecule has 0 radical (unpaired) electrons. The smallest absolute Gasteiger partial charge is 0.471 e. The van der Waals surface area contributed by atoms with E-state index >= 15 is 0 Å². The maximum absolute atomic E-state index is 12.3. The van der Waals surface area contributed by atoms with Crippen molar-refractivity contribution in [2.45, 2.75) is 19.1 Å². The van der Waals surface area contributed by atoms with E-state index in [9.17, 15) is 26.1 Å². The summed E-state index contributed by atoms with van der Waals surface area (Å²) in [6.45, 7) is 0.280. The molecule has 7 nitrogen and oxygen atoms in total. The van der Waals surface area contributed by atoms with Gasteiger partial charge in [0.15, 0.2) is 12.4 Å². The van der Waals surface area contributed by atoms with Gasteiger partial charge in [-0.15, -0.1) is 0 Å². The highest BCUT2D eigenvalue weighted by Gasteiger charge is 2.38. The summed E-state index contributed by atoms with van der Waals surface area (Å²) in [5.74, 6) is -2.12. The SMILES string of the molecule is O=S(=O)([O-])CCC[n+]1ccc(-c2noc(C(F)(F)F)n2)cc1. The molecular weight excluding hydrogens is 327 g/mol. The Bertz CT molecular complexity index is 741. The zero-order chi connectivity index (χ0) is 16.4. The lowest BCUT2D eigenvalue weighted by molar-refractivity contribution is -0.696. The Hall–Kier alpha value is -2.01. The van der Waals surface area contributed by atoms with Gasteiger partial charge in [-0.2, -0.15) is 18.2 Å². The van der Waals surface area contributed by atoms with Gasteiger partial charge in [-0.3, -0.25) is 0 Å². The maximum Gasteiger partial charge on any atom is 0.471 e. The van der Waals surface area contributed by atoms with E-state index in [1.54, 1.807) is 4.57 Å². The van der Waals surface area contributed by atoms with Crippen LogP contribution in [0.4, 0.5) is 13.2 Å². The first kappa shape index (κ1) is 16.4. The van der Waals surface area contributed by atoms with Gasteiger partial charge >= 0.3 is 12.1 Å². The molecule has 0 aromatic carbocycles. The van der Waals surface area contributed by atoms with Gasteiger partial charge in [0.1, 0.15) is 6.54 Å². The minimum atomic E-state index is -4.70. The molecule has 0 fully saturated rings. The Morgan fingerprint density at radius 3 is 2.41 bits per heavy atom. The third kappa shape index (κ3) is 4.49. The molecule has 0 atom stereocenters. The van der Waals surface area contributed by atoms with Crippen LogP contribution in [-0.4, -0.2) is 28.9 Å². The van der Waals surface area contributed by atoms with Gasteiger partial charge in [0.05, 0.1) is 10.1 Å². The Balaban J connectivity index is 2.04. The van der Waals surface area contributed by atoms with Crippen molar-refractivity contribution in [3.8, 4) is 11.4 Å². The van der Waals surface area contributed by atoms with Gasteiger partial charge in [-0.1, -0.05) is 5.16 Å². The molecule has 0 aliphatic carbocycles. The lowest BCUT2D eigenvalue weighted by Crippen LogP contribution is -2.33. The van der Waals surface area contributed by atoms with Crippen molar-refractivity contribution < 1.29 is 35.2 Å². The van der Waals surface area contributed by atoms with E-state index in [2.05, 4.69) is 14.7 Å². The highest BCUT2D eigenvalue weighted by atomic mass is 32.2. The highest BCUT2D eigenvalue weighted by Crippen LogP contribution is 2.29. The van der Waals surface area contributed by atoms with Crippen molar-refractivity contribution >= 4 is 10.1 Å². The van der Waals surface area contributed by atoms with E-state index in [-0.39, 0.29) is 18.8 Å². The van der Waals surface area contributed by atoms with Crippen molar-refractivity contribution in [1.82, 2.24) is 10.1 Å². The van der Waals surface area contributed by atoms with Gasteiger partial charge in [-0.25, -0.2) is 13.0 Å². The van der Waals surface area contributed by atoms with E-state index in [1.807, 2.05) is 0 Å². The van der Waals surface area contributed by atoms with E-state index < -0.39 is 27.9 Å². The number of aromatic nitrogens is 3. The summed E-state index contributed by atoms with van der Waals surface area (Å²) in [5, 5.41) is 3.24. The summed E-state index contributed by atoms with van der Waals surface area (Å²) >= 11 is 0. The molecule has 0 spiro atoms. The van der Waals surface area contributed by atoms with Gasteiger partial charge in [0, 0.05) is 29.9 Å². The molecular formula is C11H10F3N3O4S. The van der Waals surface area contributed by atoms with E-state index in [4.69, 9.17) is 0 Å². The lowest BCUT2D eigenvalue weighted by Gasteiger charge is -2.04. The quantitative estimate of drug-likeness (QED) is 0.595. The largest absolute Gasteiger partial charge is 0.748 e. The molecule has 120 valence electrons. The fourth-order valence-electron chi connectivity index (χ4n) is 1.64. The number of nitrogens with zero attached hydrogens (tertiary/aromatic N) is 3. The summed E-state index contributed by atoms with van der Waals surface area (Å²) in [4.78, 5) is 3.24. The van der Waals surface area contributed by atoms with Gasteiger partial charge < -0.3 is 9.08 Å². The first-order valence-electron chi connectivity index (χ1n) is 5.99. The second kappa shape index (κ2) is 6.01. The van der Waals surface area contributed by atoms with Crippen molar-refractivity contribution in [2.75, 3.05) is 5.75 Å². The molecule has 0 aliphatic rings. The van der Waals surface area contributed by atoms with Crippen LogP contribution in [0, 0.1) is 0 Å². The van der Waals surface area contributed by atoms with Crippen molar-refractivity contribution in [1.29, 1.82) is 0 Å². The Morgan fingerprint density at radius 2 is 1.91 bits per heavy atom. The van der Waals surface area contributed by atoms with Crippen LogP contribution in [0.1, 0.15) is 12.3 Å². The molecule has 11 heteroatoms. The number of hydrogen-bond acceptors (Lipinski definition) is 6. The van der Waals surface area contributed by atoms with Crippen LogP contribution < -0.4 is 4.57 Å². The standard InChI is InChI=1S/C11H10F3N3O4S/c12-11(13,14)10-15-9(16-21-10)8-2-5-17(6-3-8)4-1-7-22(18,19)20/h2-3,5-6H,1,4,7H2. The average Bonchev–Trinajstić information content (AvgIpc) is 2.87. The van der Waals surface area contributed by atoms with E-state index in [0.29, 0.717) is 5.56 Å². The predicted octanol–water partition coefficient (Wildman–Crippen LogP) is 0.978. The highest BCUT2D eigenvalue weighted by molar-refractivity contribution is 7.85. The van der Waals surface area contributed by atoms with Gasteiger partial charge in [0.25, 0.3) is 0 Å². The molecule has 2 aromatic rings. The van der Waals surface area contributed by atoms with Crippen molar-refractivity contribution in [2.24, 2.45) is 0 Å². The molecule has 0 aliphatic heterocycles. The van der Waals surface area contributed by atoms with E-state index in [0.717, 1.165) is 0 Å². The number of rotatable bonds is 5. The topological polar surface area (TPSA) is 100 Å². The molecule has 2 heterocycles. The predicted molar refractivity (Wildman–Crippen MR) is 64.1 cm³/mol. The number of aryl methyl sites for hydroxylation is 1. The number of hydrogen-bond donors (Lipinski definition) is 0. The number of alkyl halides is 3. The maximum atomic E-state index is 12.3. The monoisotopic (exact) mass is 337 g/mol. The summed E-state index contributed by atoms with van der Waals surface area (Å²) in [6.07, 6.45) is -1.55. The number of pyridine rings is 1. The number of halogens is 3. The molecule has 0 amide bonds. The summed E-state index contributed by atoms with van der Waals surface area (Å²) in [7, 11) is -4.26. The zero-order valence-corrected chi connectivity index (χ0v) is 11.8. The first-order valence-corrected chi connectivity index (χ1v) is 7.57. The molecule has 0 N–H and O–H groups in total. The third-order valence-corrected chi connectivity index (χ3v) is 3.42. The minimum absolute atomic E-state index is 0.135. The third-order valence-electron chi connectivity index (χ3n) is 2.63. The van der Waals surface area contributed by atoms with Crippen LogP contribution in [0.2, 0.25) is 0 Å². The summed E-state index contributed by atoms with van der Waals surface area (Å²) in [5.41, 5.74) is 0.312.